The van der Waals surface area contributed by atoms with Gasteiger partial charge in [0.05, 0.1) is 0 Å². The summed E-state index contributed by atoms with van der Waals surface area (Å²) in [7, 11) is 1.64. The van der Waals surface area contributed by atoms with E-state index in [1.54, 1.807) is 7.11 Å². The molecule has 0 atom stereocenters. The summed E-state index contributed by atoms with van der Waals surface area (Å²) in [5.41, 5.74) is 8.31. The number of carbonyl (C=O) groups excluding carboxylic acids is 1. The maximum atomic E-state index is 11.0. The van der Waals surface area contributed by atoms with Gasteiger partial charge < -0.3 is 20.2 Å². The minimum atomic E-state index is -0.0708. The Morgan fingerprint density at radius 2 is 2.28 bits per heavy atom. The van der Waals surface area contributed by atoms with Crippen molar-refractivity contribution in [1.82, 2.24) is 10.3 Å². The molecule has 0 bridgehead atoms. The standard InChI is InChI=1S/C17H23N5O3/c1-12(23)20-10-13-5-3-6-14(9-13)15-11-25-17(21-15)22-16(18)19-7-4-8-24-2/h3,5-6,9,11H,4,7-8,10H2,1-2H3,(H,20,23)(H3,18,19,21,22). The van der Waals surface area contributed by atoms with Crippen LogP contribution in [0.1, 0.15) is 18.9 Å². The lowest BCUT2D eigenvalue weighted by Gasteiger charge is -2.04. The van der Waals surface area contributed by atoms with Gasteiger partial charge in [0.1, 0.15) is 12.0 Å². The highest BCUT2D eigenvalue weighted by Crippen LogP contribution is 2.21. The number of methoxy groups -OCH3 is 1. The Balaban J connectivity index is 1.98. The number of ether oxygens (including phenoxy) is 1. The summed E-state index contributed by atoms with van der Waals surface area (Å²) in [6.07, 6.45) is 2.33. The SMILES string of the molecule is COCCCN=C(N)Nc1nc(-c2cccc(CNC(C)=O)c2)co1. The molecular formula is C17H23N5O3. The molecule has 0 fully saturated rings. The average molecular weight is 345 g/mol. The molecule has 0 spiro atoms. The Morgan fingerprint density at radius 1 is 1.44 bits per heavy atom. The van der Waals surface area contributed by atoms with E-state index in [0.717, 1.165) is 17.5 Å². The van der Waals surface area contributed by atoms with E-state index in [1.807, 2.05) is 24.3 Å². The van der Waals surface area contributed by atoms with Crippen molar-refractivity contribution in [3.63, 3.8) is 0 Å². The lowest BCUT2D eigenvalue weighted by molar-refractivity contribution is -0.119. The van der Waals surface area contributed by atoms with Gasteiger partial charge in [-0.05, 0) is 18.1 Å². The summed E-state index contributed by atoms with van der Waals surface area (Å²) < 4.78 is 10.3. The zero-order valence-corrected chi connectivity index (χ0v) is 14.4. The maximum Gasteiger partial charge on any atom is 0.302 e. The highest BCUT2D eigenvalue weighted by Gasteiger charge is 2.08. The van der Waals surface area contributed by atoms with Crippen molar-refractivity contribution in [2.24, 2.45) is 10.7 Å². The number of oxazole rings is 1. The van der Waals surface area contributed by atoms with Gasteiger partial charge in [0, 0.05) is 39.3 Å². The van der Waals surface area contributed by atoms with Crippen molar-refractivity contribution in [3.05, 3.63) is 36.1 Å². The van der Waals surface area contributed by atoms with Crippen LogP contribution in [-0.4, -0.2) is 37.1 Å². The Labute approximate surface area is 146 Å². The van der Waals surface area contributed by atoms with Crippen molar-refractivity contribution < 1.29 is 13.9 Å². The van der Waals surface area contributed by atoms with E-state index in [0.29, 0.717) is 25.4 Å². The quantitative estimate of drug-likeness (QED) is 0.381. The molecule has 2 aromatic rings. The number of carbonyl (C=O) groups is 1. The zero-order valence-electron chi connectivity index (χ0n) is 14.4. The molecule has 4 N–H and O–H groups in total. The highest BCUT2D eigenvalue weighted by atomic mass is 16.5. The van der Waals surface area contributed by atoms with E-state index in [2.05, 4.69) is 20.6 Å². The minimum absolute atomic E-state index is 0.0708. The molecule has 0 aliphatic rings. The van der Waals surface area contributed by atoms with Crippen LogP contribution in [0.25, 0.3) is 11.3 Å². The smallest absolute Gasteiger partial charge is 0.302 e. The van der Waals surface area contributed by atoms with Crippen molar-refractivity contribution >= 4 is 17.9 Å². The lowest BCUT2D eigenvalue weighted by Crippen LogP contribution is -2.23. The van der Waals surface area contributed by atoms with Crippen LogP contribution in [0.2, 0.25) is 0 Å². The van der Waals surface area contributed by atoms with Crippen molar-refractivity contribution in [2.75, 3.05) is 25.6 Å². The summed E-state index contributed by atoms with van der Waals surface area (Å²) in [4.78, 5) is 19.5. The predicted molar refractivity (Wildman–Crippen MR) is 96.1 cm³/mol. The molecule has 1 aromatic heterocycles. The number of guanidine groups is 1. The third-order valence-corrected chi connectivity index (χ3v) is 3.29. The number of aromatic nitrogens is 1. The lowest BCUT2D eigenvalue weighted by atomic mass is 10.1. The Bertz CT molecular complexity index is 727. The number of anilines is 1. The number of hydrogen-bond donors (Lipinski definition) is 3. The fourth-order valence-electron chi connectivity index (χ4n) is 2.09. The molecule has 25 heavy (non-hydrogen) atoms. The molecule has 0 aliphatic heterocycles. The van der Waals surface area contributed by atoms with Gasteiger partial charge in [-0.2, -0.15) is 4.98 Å². The molecule has 2 rings (SSSR count). The largest absolute Gasteiger partial charge is 0.431 e. The number of nitrogens with one attached hydrogen (secondary N) is 2. The first-order valence-corrected chi connectivity index (χ1v) is 7.93. The fourth-order valence-corrected chi connectivity index (χ4v) is 2.09. The van der Waals surface area contributed by atoms with Crippen LogP contribution in [0.3, 0.4) is 0 Å². The van der Waals surface area contributed by atoms with E-state index < -0.39 is 0 Å². The van der Waals surface area contributed by atoms with Crippen LogP contribution < -0.4 is 16.4 Å². The molecule has 134 valence electrons. The van der Waals surface area contributed by atoms with Crippen molar-refractivity contribution in [3.8, 4) is 11.3 Å². The van der Waals surface area contributed by atoms with Gasteiger partial charge in [0.25, 0.3) is 0 Å². The number of nitrogens with two attached hydrogens (primary N) is 1. The molecule has 0 saturated carbocycles. The van der Waals surface area contributed by atoms with Crippen LogP contribution in [-0.2, 0) is 16.1 Å². The predicted octanol–water partition coefficient (Wildman–Crippen LogP) is 1.74. The molecule has 1 aromatic carbocycles. The summed E-state index contributed by atoms with van der Waals surface area (Å²) in [5, 5.41) is 5.58. The van der Waals surface area contributed by atoms with Crippen molar-refractivity contribution in [1.29, 1.82) is 0 Å². The first-order chi connectivity index (χ1) is 12.1. The maximum absolute atomic E-state index is 11.0. The first kappa shape index (κ1) is 18.5. The van der Waals surface area contributed by atoms with Gasteiger partial charge in [-0.25, -0.2) is 0 Å². The number of rotatable bonds is 8. The second-order valence-corrected chi connectivity index (χ2v) is 5.39. The summed E-state index contributed by atoms with van der Waals surface area (Å²) in [6.45, 7) is 3.15. The Hall–Kier alpha value is -2.87. The molecule has 0 aliphatic carbocycles. The molecule has 1 heterocycles. The summed E-state index contributed by atoms with van der Waals surface area (Å²) >= 11 is 0. The molecule has 1 amide bonds. The van der Waals surface area contributed by atoms with Crippen LogP contribution in [0.15, 0.2) is 39.9 Å². The average Bonchev–Trinajstić information content (AvgIpc) is 3.05. The van der Waals surface area contributed by atoms with Gasteiger partial charge in [-0.3, -0.25) is 15.1 Å². The number of nitrogens with zero attached hydrogens (tertiary/aromatic N) is 2. The monoisotopic (exact) mass is 345 g/mol. The van der Waals surface area contributed by atoms with Crippen LogP contribution in [0.5, 0.6) is 0 Å². The minimum Gasteiger partial charge on any atom is -0.431 e. The van der Waals surface area contributed by atoms with Crippen molar-refractivity contribution in [2.45, 2.75) is 19.9 Å². The molecule has 8 heteroatoms. The fraction of sp³-hybridized carbons (Fsp3) is 0.353. The number of amides is 1. The molecule has 0 unspecified atom stereocenters. The van der Waals surface area contributed by atoms with E-state index >= 15 is 0 Å². The topological polar surface area (TPSA) is 115 Å². The Kier molecular flexibility index (Phi) is 6.97. The third-order valence-electron chi connectivity index (χ3n) is 3.29. The van der Waals surface area contributed by atoms with E-state index in [1.165, 1.54) is 13.2 Å². The zero-order chi connectivity index (χ0) is 18.1. The van der Waals surface area contributed by atoms with Gasteiger partial charge in [-0.15, -0.1) is 0 Å². The van der Waals surface area contributed by atoms with Crippen LogP contribution in [0, 0.1) is 0 Å². The van der Waals surface area contributed by atoms with E-state index in [4.69, 9.17) is 14.9 Å². The third kappa shape index (κ3) is 6.27. The number of benzene rings is 1. The van der Waals surface area contributed by atoms with Crippen LogP contribution >= 0.6 is 0 Å². The Morgan fingerprint density at radius 3 is 3.04 bits per heavy atom. The summed E-state index contributed by atoms with van der Waals surface area (Å²) in [5.74, 6) is 0.169. The normalized spacial score (nSPS) is 11.4. The van der Waals surface area contributed by atoms with Gasteiger partial charge in [0.15, 0.2) is 5.96 Å². The van der Waals surface area contributed by atoms with E-state index in [9.17, 15) is 4.79 Å². The van der Waals surface area contributed by atoms with Gasteiger partial charge in [-0.1, -0.05) is 18.2 Å². The number of aliphatic imine (C=N–C) groups is 1. The summed E-state index contributed by atoms with van der Waals surface area (Å²) in [6, 6.07) is 7.97. The molecule has 0 radical (unpaired) electrons. The second kappa shape index (κ2) is 9.43. The van der Waals surface area contributed by atoms with Gasteiger partial charge >= 0.3 is 6.01 Å². The molecule has 8 nitrogen and oxygen atoms in total. The second-order valence-electron chi connectivity index (χ2n) is 5.39. The van der Waals surface area contributed by atoms with E-state index in [-0.39, 0.29) is 17.9 Å². The first-order valence-electron chi connectivity index (χ1n) is 7.93. The van der Waals surface area contributed by atoms with Crippen LogP contribution in [0.4, 0.5) is 6.01 Å². The van der Waals surface area contributed by atoms with Gasteiger partial charge in [0.2, 0.25) is 5.91 Å². The highest BCUT2D eigenvalue weighted by molar-refractivity contribution is 5.90. The molecule has 0 saturated heterocycles. The molecular weight excluding hydrogens is 322 g/mol. The number of hydrogen-bond acceptors (Lipinski definition) is 5.